The van der Waals surface area contributed by atoms with Crippen LogP contribution >= 0.6 is 0 Å². The minimum Gasteiger partial charge on any atom is -0.494 e. The Hall–Kier alpha value is -3.86. The van der Waals surface area contributed by atoms with Gasteiger partial charge in [0.15, 0.2) is 0 Å². The third-order valence-corrected chi connectivity index (χ3v) is 5.94. The van der Waals surface area contributed by atoms with Gasteiger partial charge in [-0.15, -0.1) is 0 Å². The molecule has 0 saturated heterocycles. The van der Waals surface area contributed by atoms with E-state index in [0.29, 0.717) is 24.4 Å². The van der Waals surface area contributed by atoms with E-state index in [1.54, 1.807) is 0 Å². The molecule has 0 unspecified atom stereocenters. The maximum Gasteiger partial charge on any atom is 0.278 e. The van der Waals surface area contributed by atoms with Gasteiger partial charge >= 0.3 is 0 Å². The lowest BCUT2D eigenvalue weighted by Crippen LogP contribution is -2.34. The summed E-state index contributed by atoms with van der Waals surface area (Å²) in [6.07, 6.45) is 0.844. The van der Waals surface area contributed by atoms with Gasteiger partial charge in [-0.05, 0) is 48.2 Å². The predicted octanol–water partition coefficient (Wildman–Crippen LogP) is 4.43. The maximum atomic E-state index is 13.7. The van der Waals surface area contributed by atoms with E-state index in [9.17, 15) is 9.59 Å². The largest absolute Gasteiger partial charge is 0.494 e. The average Bonchev–Trinajstić information content (AvgIpc) is 3.35. The van der Waals surface area contributed by atoms with Crippen LogP contribution in [-0.4, -0.2) is 29.9 Å². The zero-order valence-corrected chi connectivity index (χ0v) is 18.0. The Kier molecular flexibility index (Phi) is 5.23. The van der Waals surface area contributed by atoms with E-state index in [2.05, 4.69) is 6.07 Å². The van der Waals surface area contributed by atoms with Crippen LogP contribution in [0.2, 0.25) is 0 Å². The van der Waals surface area contributed by atoms with Crippen LogP contribution in [0.15, 0.2) is 84.6 Å². The molecule has 0 spiro atoms. The first kappa shape index (κ1) is 20.1. The van der Waals surface area contributed by atoms with Crippen molar-refractivity contribution in [3.05, 3.63) is 101 Å². The minimum absolute atomic E-state index is 0.248. The Balaban J connectivity index is 1.59. The molecule has 0 atom stereocenters. The van der Waals surface area contributed by atoms with Gasteiger partial charge in [0.1, 0.15) is 11.4 Å². The quantitative estimate of drug-likeness (QED) is 0.550. The Morgan fingerprint density at radius 2 is 1.56 bits per heavy atom. The average molecular weight is 425 g/mol. The molecule has 5 nitrogen and oxygen atoms in total. The second kappa shape index (κ2) is 8.35. The van der Waals surface area contributed by atoms with E-state index in [4.69, 9.17) is 4.74 Å². The number of benzene rings is 3. The van der Waals surface area contributed by atoms with Gasteiger partial charge in [0.2, 0.25) is 0 Å². The topological polar surface area (TPSA) is 49.9 Å². The maximum absolute atomic E-state index is 13.7. The molecular formula is C27H24N2O3. The van der Waals surface area contributed by atoms with Crippen molar-refractivity contribution in [3.63, 3.8) is 0 Å². The first-order valence-corrected chi connectivity index (χ1v) is 10.9. The number of hydrogen-bond acceptors (Lipinski definition) is 4. The number of anilines is 1. The van der Waals surface area contributed by atoms with Crippen molar-refractivity contribution in [3.8, 4) is 5.75 Å². The fourth-order valence-corrected chi connectivity index (χ4v) is 4.44. The molecule has 5 heteroatoms. The Morgan fingerprint density at radius 1 is 0.844 bits per heavy atom. The molecule has 0 fully saturated rings. The van der Waals surface area contributed by atoms with Crippen LogP contribution in [-0.2, 0) is 22.6 Å². The van der Waals surface area contributed by atoms with E-state index in [-0.39, 0.29) is 18.4 Å². The van der Waals surface area contributed by atoms with Crippen molar-refractivity contribution in [1.82, 2.24) is 4.90 Å². The normalized spacial score (nSPS) is 15.5. The molecule has 0 aliphatic carbocycles. The van der Waals surface area contributed by atoms with Crippen LogP contribution in [0.5, 0.6) is 5.75 Å². The highest BCUT2D eigenvalue weighted by molar-refractivity contribution is 6.36. The summed E-state index contributed by atoms with van der Waals surface area (Å²) in [5.41, 5.74) is 4.73. The van der Waals surface area contributed by atoms with Crippen LogP contribution in [0.3, 0.4) is 0 Å². The smallest absolute Gasteiger partial charge is 0.278 e. The SMILES string of the molecule is CCOc1ccc(C2=C(N3CCc4ccccc43)C(=O)N(Cc3ccccc3)C2=O)cc1. The summed E-state index contributed by atoms with van der Waals surface area (Å²) >= 11 is 0. The molecular weight excluding hydrogens is 400 g/mol. The molecule has 0 bridgehead atoms. The monoisotopic (exact) mass is 424 g/mol. The van der Waals surface area contributed by atoms with Gasteiger partial charge in [0.25, 0.3) is 11.8 Å². The van der Waals surface area contributed by atoms with Crippen molar-refractivity contribution in [1.29, 1.82) is 0 Å². The molecule has 0 radical (unpaired) electrons. The van der Waals surface area contributed by atoms with Gasteiger partial charge < -0.3 is 9.64 Å². The van der Waals surface area contributed by atoms with Crippen molar-refractivity contribution in [2.75, 3.05) is 18.1 Å². The summed E-state index contributed by atoms with van der Waals surface area (Å²) in [7, 11) is 0. The van der Waals surface area contributed by atoms with Crippen LogP contribution in [0.1, 0.15) is 23.6 Å². The van der Waals surface area contributed by atoms with Gasteiger partial charge in [-0.3, -0.25) is 14.5 Å². The molecule has 3 aromatic rings. The van der Waals surface area contributed by atoms with Crippen LogP contribution in [0, 0.1) is 0 Å². The lowest BCUT2D eigenvalue weighted by Gasteiger charge is -2.22. The number of nitrogens with zero attached hydrogens (tertiary/aromatic N) is 2. The minimum atomic E-state index is -0.262. The molecule has 0 aromatic heterocycles. The Morgan fingerprint density at radius 3 is 2.31 bits per heavy atom. The summed E-state index contributed by atoms with van der Waals surface area (Å²) in [4.78, 5) is 30.6. The molecule has 5 rings (SSSR count). The number of imide groups is 1. The van der Waals surface area contributed by atoms with E-state index in [1.807, 2.05) is 84.6 Å². The Bertz CT molecular complexity index is 1200. The van der Waals surface area contributed by atoms with Crippen LogP contribution in [0.4, 0.5) is 5.69 Å². The lowest BCUT2D eigenvalue weighted by molar-refractivity contribution is -0.137. The van der Waals surface area contributed by atoms with Crippen molar-refractivity contribution >= 4 is 23.1 Å². The lowest BCUT2D eigenvalue weighted by atomic mass is 10.0. The summed E-state index contributed by atoms with van der Waals surface area (Å²) < 4.78 is 5.56. The molecule has 0 saturated carbocycles. The van der Waals surface area contributed by atoms with Crippen LogP contribution < -0.4 is 9.64 Å². The molecule has 2 aliphatic rings. The molecule has 32 heavy (non-hydrogen) atoms. The predicted molar refractivity (Wildman–Crippen MR) is 124 cm³/mol. The fraction of sp³-hybridized carbons (Fsp3) is 0.185. The van der Waals surface area contributed by atoms with Crippen LogP contribution in [0.25, 0.3) is 5.57 Å². The second-order valence-corrected chi connectivity index (χ2v) is 7.89. The third-order valence-electron chi connectivity index (χ3n) is 5.94. The van der Waals surface area contributed by atoms with Gasteiger partial charge in [-0.2, -0.15) is 0 Å². The standard InChI is InChI=1S/C27H24N2O3/c1-2-32-22-14-12-21(13-15-22)24-25(28-17-16-20-10-6-7-11-23(20)28)27(31)29(26(24)30)18-19-8-4-3-5-9-19/h3-15H,2,16-18H2,1H3. The molecule has 0 N–H and O–H groups in total. The highest BCUT2D eigenvalue weighted by Crippen LogP contribution is 2.39. The summed E-state index contributed by atoms with van der Waals surface area (Å²) in [6.45, 7) is 3.42. The molecule has 2 aliphatic heterocycles. The number of carbonyl (C=O) groups excluding carboxylic acids is 2. The number of fused-ring (bicyclic) bond motifs is 1. The number of ether oxygens (including phenoxy) is 1. The van der Waals surface area contributed by atoms with Gasteiger partial charge in [-0.1, -0.05) is 60.7 Å². The fourth-order valence-electron chi connectivity index (χ4n) is 4.44. The van der Waals surface area contributed by atoms with E-state index >= 15 is 0 Å². The van der Waals surface area contributed by atoms with E-state index in [1.165, 1.54) is 10.5 Å². The summed E-state index contributed by atoms with van der Waals surface area (Å²) in [5, 5.41) is 0. The molecule has 160 valence electrons. The second-order valence-electron chi connectivity index (χ2n) is 7.89. The van der Waals surface area contributed by atoms with Gasteiger partial charge in [0.05, 0.1) is 18.7 Å². The summed E-state index contributed by atoms with van der Waals surface area (Å²) in [5.74, 6) is 0.227. The van der Waals surface area contributed by atoms with Crippen molar-refractivity contribution in [2.24, 2.45) is 0 Å². The number of para-hydroxylation sites is 1. The first-order chi connectivity index (χ1) is 15.7. The number of hydrogen-bond donors (Lipinski definition) is 0. The molecule has 2 amide bonds. The highest BCUT2D eigenvalue weighted by Gasteiger charge is 2.43. The van der Waals surface area contributed by atoms with Gasteiger partial charge in [0, 0.05) is 12.2 Å². The molecule has 3 aromatic carbocycles. The summed E-state index contributed by atoms with van der Waals surface area (Å²) in [6, 6.07) is 25.1. The third kappa shape index (κ3) is 3.46. The molecule has 2 heterocycles. The van der Waals surface area contributed by atoms with Crippen molar-refractivity contribution in [2.45, 2.75) is 19.9 Å². The van der Waals surface area contributed by atoms with Crippen molar-refractivity contribution < 1.29 is 14.3 Å². The number of rotatable bonds is 6. The first-order valence-electron chi connectivity index (χ1n) is 10.9. The number of amides is 2. The highest BCUT2D eigenvalue weighted by atomic mass is 16.5. The zero-order valence-electron chi connectivity index (χ0n) is 18.0. The van der Waals surface area contributed by atoms with Gasteiger partial charge in [-0.25, -0.2) is 0 Å². The van der Waals surface area contributed by atoms with E-state index < -0.39 is 0 Å². The van der Waals surface area contributed by atoms with E-state index in [0.717, 1.165) is 29.0 Å². The Labute approximate surface area is 187 Å². The zero-order chi connectivity index (χ0) is 22.1. The number of carbonyl (C=O) groups is 2.